The van der Waals surface area contributed by atoms with Crippen molar-refractivity contribution in [2.45, 2.75) is 57.1 Å². The molecule has 1 unspecified atom stereocenters. The minimum atomic E-state index is -0.451. The van der Waals surface area contributed by atoms with Gasteiger partial charge >= 0.3 is 0 Å². The number of aryl methyl sites for hydroxylation is 1. The van der Waals surface area contributed by atoms with Gasteiger partial charge in [0.05, 0.1) is 18.1 Å². The summed E-state index contributed by atoms with van der Waals surface area (Å²) in [7, 11) is 0. The Hall–Kier alpha value is -1.46. The molecular weight excluding hydrogens is 266 g/mol. The number of aromatic nitrogens is 3. The van der Waals surface area contributed by atoms with E-state index in [9.17, 15) is 0 Å². The molecule has 1 spiro atoms. The minimum Gasteiger partial charge on any atom is -0.344 e. The number of imidazole rings is 1. The molecule has 5 heteroatoms. The smallest absolute Gasteiger partial charge is 0.163 e. The predicted octanol–water partition coefficient (Wildman–Crippen LogP) is 2.30. The van der Waals surface area contributed by atoms with Crippen LogP contribution in [0, 0.1) is 12.3 Å². The van der Waals surface area contributed by atoms with E-state index in [1.165, 1.54) is 12.2 Å². The first-order valence-electron chi connectivity index (χ1n) is 7.72. The van der Waals surface area contributed by atoms with Crippen LogP contribution in [0.3, 0.4) is 0 Å². The van der Waals surface area contributed by atoms with E-state index in [1.807, 2.05) is 26.8 Å². The fourth-order valence-corrected chi connectivity index (χ4v) is 5.06. The second-order valence-corrected chi connectivity index (χ2v) is 7.47. The molecule has 4 aliphatic rings. The largest absolute Gasteiger partial charge is 0.344 e. The molecule has 21 heavy (non-hydrogen) atoms. The van der Waals surface area contributed by atoms with Gasteiger partial charge in [-0.1, -0.05) is 0 Å². The highest BCUT2D eigenvalue weighted by Crippen LogP contribution is 2.81. The Kier molecular flexibility index (Phi) is 1.53. The van der Waals surface area contributed by atoms with Crippen LogP contribution in [0.5, 0.6) is 0 Å². The summed E-state index contributed by atoms with van der Waals surface area (Å²) >= 11 is 0. The van der Waals surface area contributed by atoms with Crippen molar-refractivity contribution in [1.82, 2.24) is 14.5 Å². The first kappa shape index (κ1) is 11.2. The molecule has 0 N–H and O–H groups in total. The van der Waals surface area contributed by atoms with E-state index in [0.29, 0.717) is 12.0 Å². The number of fused-ring (bicyclic) bond motifs is 7. The molecular formula is C16H17N3O2. The maximum atomic E-state index is 6.16. The number of pyridine rings is 1. The summed E-state index contributed by atoms with van der Waals surface area (Å²) in [4.78, 5) is 9.58. The quantitative estimate of drug-likeness (QED) is 0.744. The van der Waals surface area contributed by atoms with E-state index < -0.39 is 5.79 Å². The van der Waals surface area contributed by atoms with Crippen LogP contribution in [0.4, 0.5) is 0 Å². The van der Waals surface area contributed by atoms with Gasteiger partial charge in [0.15, 0.2) is 11.4 Å². The third-order valence-electron chi connectivity index (χ3n) is 5.87. The Morgan fingerprint density at radius 2 is 2.10 bits per heavy atom. The molecule has 6 rings (SSSR count). The highest BCUT2D eigenvalue weighted by molar-refractivity contribution is 5.74. The van der Waals surface area contributed by atoms with Crippen molar-refractivity contribution in [3.8, 4) is 0 Å². The molecule has 2 aliphatic heterocycles. The third kappa shape index (κ3) is 1.02. The van der Waals surface area contributed by atoms with Crippen LogP contribution in [0.1, 0.15) is 43.7 Å². The monoisotopic (exact) mass is 283 g/mol. The van der Waals surface area contributed by atoms with Crippen LogP contribution >= 0.6 is 0 Å². The van der Waals surface area contributed by atoms with Crippen molar-refractivity contribution in [3.63, 3.8) is 0 Å². The Morgan fingerprint density at radius 3 is 2.95 bits per heavy atom. The normalized spacial score (nSPS) is 44.0. The SMILES string of the molecule is Cc1ccc2nc3n(c2n1)[C@@H]1CC12[C@@H]1OC(C)(C)O[C@@H]1[C@@H]32. The molecule has 0 bridgehead atoms. The summed E-state index contributed by atoms with van der Waals surface area (Å²) in [6.45, 7) is 6.07. The van der Waals surface area contributed by atoms with Gasteiger partial charge < -0.3 is 14.0 Å². The lowest BCUT2D eigenvalue weighted by Gasteiger charge is -2.43. The summed E-state index contributed by atoms with van der Waals surface area (Å²) in [5.74, 6) is 1.11. The Morgan fingerprint density at radius 1 is 1.24 bits per heavy atom. The topological polar surface area (TPSA) is 49.2 Å². The Bertz CT molecular complexity index is 826. The van der Waals surface area contributed by atoms with Crippen LogP contribution in [0.25, 0.3) is 11.2 Å². The van der Waals surface area contributed by atoms with Gasteiger partial charge in [-0.25, -0.2) is 9.97 Å². The third-order valence-corrected chi connectivity index (χ3v) is 5.87. The van der Waals surface area contributed by atoms with Gasteiger partial charge in [-0.15, -0.1) is 0 Å². The summed E-state index contributed by atoms with van der Waals surface area (Å²) in [5, 5.41) is 0. The first-order valence-corrected chi connectivity index (χ1v) is 7.72. The lowest BCUT2D eigenvalue weighted by Crippen LogP contribution is -2.53. The zero-order valence-electron chi connectivity index (χ0n) is 12.3. The average Bonchev–Trinajstić information content (AvgIpc) is 2.87. The summed E-state index contributed by atoms with van der Waals surface area (Å²) in [6.07, 6.45) is 1.60. The van der Waals surface area contributed by atoms with Crippen LogP contribution in [-0.4, -0.2) is 32.5 Å². The van der Waals surface area contributed by atoms with E-state index in [0.717, 1.165) is 16.9 Å². The minimum absolute atomic E-state index is 0.171. The fraction of sp³-hybridized carbons (Fsp3) is 0.625. The molecule has 2 aromatic heterocycles. The highest BCUT2D eigenvalue weighted by Gasteiger charge is 2.84. The van der Waals surface area contributed by atoms with Crippen LogP contribution < -0.4 is 0 Å². The number of hydrogen-bond donors (Lipinski definition) is 0. The molecule has 2 saturated carbocycles. The van der Waals surface area contributed by atoms with E-state index in [1.54, 1.807) is 0 Å². The second kappa shape index (κ2) is 2.88. The lowest BCUT2D eigenvalue weighted by atomic mass is 9.65. The molecule has 108 valence electrons. The number of ether oxygens (including phenoxy) is 2. The molecule has 2 aromatic rings. The molecule has 0 radical (unpaired) electrons. The lowest BCUT2D eigenvalue weighted by molar-refractivity contribution is -0.141. The van der Waals surface area contributed by atoms with Crippen molar-refractivity contribution in [2.24, 2.45) is 5.41 Å². The second-order valence-electron chi connectivity index (χ2n) is 7.47. The van der Waals surface area contributed by atoms with Gasteiger partial charge in [-0.2, -0.15) is 0 Å². The van der Waals surface area contributed by atoms with Gasteiger partial charge in [-0.05, 0) is 39.3 Å². The molecule has 5 atom stereocenters. The fourth-order valence-electron chi connectivity index (χ4n) is 5.06. The molecule has 0 aromatic carbocycles. The van der Waals surface area contributed by atoms with Crippen LogP contribution in [0.15, 0.2) is 12.1 Å². The van der Waals surface area contributed by atoms with E-state index in [-0.39, 0.29) is 17.6 Å². The van der Waals surface area contributed by atoms with Gasteiger partial charge in [-0.3, -0.25) is 0 Å². The van der Waals surface area contributed by atoms with E-state index >= 15 is 0 Å². The molecule has 4 heterocycles. The molecule has 2 aliphatic carbocycles. The van der Waals surface area contributed by atoms with Gasteiger partial charge in [0.2, 0.25) is 0 Å². The maximum Gasteiger partial charge on any atom is 0.163 e. The van der Waals surface area contributed by atoms with E-state index in [4.69, 9.17) is 19.4 Å². The first-order chi connectivity index (χ1) is 10.0. The van der Waals surface area contributed by atoms with E-state index in [2.05, 4.69) is 10.6 Å². The van der Waals surface area contributed by atoms with Crippen molar-refractivity contribution < 1.29 is 9.47 Å². The highest BCUT2D eigenvalue weighted by atomic mass is 16.8. The van der Waals surface area contributed by atoms with Crippen LogP contribution in [-0.2, 0) is 9.47 Å². The maximum absolute atomic E-state index is 6.16. The Balaban J connectivity index is 1.56. The van der Waals surface area contributed by atoms with Crippen molar-refractivity contribution in [2.75, 3.05) is 0 Å². The van der Waals surface area contributed by atoms with Crippen molar-refractivity contribution in [3.05, 3.63) is 23.7 Å². The van der Waals surface area contributed by atoms with Gasteiger partial charge in [0.25, 0.3) is 0 Å². The Labute approximate surface area is 122 Å². The predicted molar refractivity (Wildman–Crippen MR) is 74.9 cm³/mol. The van der Waals surface area contributed by atoms with Gasteiger partial charge in [0, 0.05) is 17.2 Å². The molecule has 1 saturated heterocycles. The molecule has 5 nitrogen and oxygen atoms in total. The van der Waals surface area contributed by atoms with Crippen molar-refractivity contribution >= 4 is 11.2 Å². The summed E-state index contributed by atoms with van der Waals surface area (Å²) in [5.41, 5.74) is 3.35. The number of hydrogen-bond acceptors (Lipinski definition) is 4. The average molecular weight is 283 g/mol. The summed E-state index contributed by atoms with van der Waals surface area (Å²) in [6, 6.07) is 4.63. The zero-order valence-corrected chi connectivity index (χ0v) is 12.3. The number of nitrogens with zero attached hydrogens (tertiary/aromatic N) is 3. The molecule has 0 amide bonds. The summed E-state index contributed by atoms with van der Waals surface area (Å²) < 4.78 is 14.7. The number of rotatable bonds is 0. The standard InChI is InChI=1S/C16H17N3O2/c1-7-4-5-8-13(17-7)19-9-6-16(9)10(14(19)18-8)11-12(16)21-15(2,3)20-11/h4-5,9-12H,6H2,1-3H3/t9-,10+,11-,12-,16?/m1/s1. The van der Waals surface area contributed by atoms with Crippen LogP contribution in [0.2, 0.25) is 0 Å². The molecule has 3 fully saturated rings. The van der Waals surface area contributed by atoms with Gasteiger partial charge in [0.1, 0.15) is 11.3 Å². The van der Waals surface area contributed by atoms with Crippen molar-refractivity contribution in [1.29, 1.82) is 0 Å². The zero-order chi connectivity index (χ0) is 14.1.